The average Bonchev–Trinajstić information content (AvgIpc) is 2.88. The van der Waals surface area contributed by atoms with Crippen LogP contribution in [0.5, 0.6) is 17.2 Å². The van der Waals surface area contributed by atoms with E-state index in [2.05, 4.69) is 0 Å². The van der Waals surface area contributed by atoms with Crippen molar-refractivity contribution in [2.75, 3.05) is 0 Å². The molecule has 6 N–H and O–H groups in total. The monoisotopic (exact) mass is 429 g/mol. The van der Waals surface area contributed by atoms with Crippen molar-refractivity contribution in [2.24, 2.45) is 0 Å². The third kappa shape index (κ3) is 8.09. The number of nitrogens with zero attached hydrogens (tertiary/aromatic N) is 1. The van der Waals surface area contributed by atoms with Crippen molar-refractivity contribution < 1.29 is 49.8 Å². The summed E-state index contributed by atoms with van der Waals surface area (Å²) in [6.07, 6.45) is 0.623. The molecular formula is C19H27NO10. The Morgan fingerprint density at radius 3 is 1.50 bits per heavy atom. The van der Waals surface area contributed by atoms with Gasteiger partial charge in [0.1, 0.15) is 5.75 Å². The van der Waals surface area contributed by atoms with Crippen LogP contribution in [0.1, 0.15) is 49.3 Å². The van der Waals surface area contributed by atoms with Gasteiger partial charge in [-0.2, -0.15) is 0 Å². The number of aliphatic carboxylic acids is 3. The van der Waals surface area contributed by atoms with Gasteiger partial charge in [0.15, 0.2) is 17.8 Å². The molecule has 0 amide bonds. The van der Waals surface area contributed by atoms with E-state index in [1.807, 2.05) is 6.92 Å². The molecule has 2 aromatic rings. The number of hydrogen-bond donors (Lipinski definition) is 6. The van der Waals surface area contributed by atoms with E-state index in [0.29, 0.717) is 24.0 Å². The van der Waals surface area contributed by atoms with E-state index in [1.54, 1.807) is 11.5 Å². The summed E-state index contributed by atoms with van der Waals surface area (Å²) in [5, 5.41) is 52.3. The summed E-state index contributed by atoms with van der Waals surface area (Å²) in [5.41, 5.74) is 1.52. The first-order chi connectivity index (χ1) is 13.6. The fraction of sp³-hybridized carbons (Fsp3) is 0.368. The first-order valence-corrected chi connectivity index (χ1v) is 8.45. The zero-order valence-electron chi connectivity index (χ0n) is 17.5. The number of phenols is 3. The normalized spacial score (nSPS) is 9.13. The van der Waals surface area contributed by atoms with Crippen LogP contribution < -0.4 is 0 Å². The molecule has 0 unspecified atom stereocenters. The van der Waals surface area contributed by atoms with E-state index in [0.717, 1.165) is 20.8 Å². The van der Waals surface area contributed by atoms with Crippen molar-refractivity contribution in [3.05, 3.63) is 16.8 Å². The molecule has 0 saturated carbocycles. The molecule has 0 aliphatic carbocycles. The molecule has 30 heavy (non-hydrogen) atoms. The molecule has 1 aromatic carbocycles. The number of aromatic hydroxyl groups is 3. The average molecular weight is 429 g/mol. The Morgan fingerprint density at radius 2 is 1.20 bits per heavy atom. The Hall–Kier alpha value is -3.76. The van der Waals surface area contributed by atoms with Gasteiger partial charge in [-0.15, -0.1) is 0 Å². The molecule has 0 atom stereocenters. The van der Waals surface area contributed by atoms with Crippen LogP contribution in [0.15, 0.2) is 0 Å². The second kappa shape index (κ2) is 12.6. The molecule has 0 fully saturated rings. The van der Waals surface area contributed by atoms with E-state index in [4.69, 9.17) is 29.7 Å². The summed E-state index contributed by atoms with van der Waals surface area (Å²) >= 11 is 0. The molecule has 0 bridgehead atoms. The molecule has 11 nitrogen and oxygen atoms in total. The minimum absolute atomic E-state index is 0.113. The maximum absolute atomic E-state index is 11.1. The Bertz CT molecular complexity index is 887. The highest BCUT2D eigenvalue weighted by atomic mass is 16.4. The van der Waals surface area contributed by atoms with Gasteiger partial charge < -0.3 is 35.2 Å². The molecule has 11 heteroatoms. The van der Waals surface area contributed by atoms with Crippen LogP contribution in [-0.2, 0) is 20.9 Å². The first kappa shape index (κ1) is 28.4. The van der Waals surface area contributed by atoms with E-state index in [9.17, 15) is 20.1 Å². The minimum Gasteiger partial charge on any atom is -0.505 e. The number of phenolic OH excluding ortho intramolecular Hbond substituents is 3. The van der Waals surface area contributed by atoms with Gasteiger partial charge in [-0.1, -0.05) is 0 Å². The summed E-state index contributed by atoms with van der Waals surface area (Å²) in [7, 11) is 0. The second-order valence-corrected chi connectivity index (χ2v) is 5.81. The zero-order chi connectivity index (χ0) is 24.3. The van der Waals surface area contributed by atoms with E-state index >= 15 is 0 Å². The molecule has 0 aliphatic rings. The topological polar surface area (TPSA) is 195 Å². The first-order valence-electron chi connectivity index (χ1n) is 8.45. The fourth-order valence-corrected chi connectivity index (χ4v) is 2.37. The Labute approximate surface area is 172 Å². The SMILES string of the molecule is CC(=O)O.CC(=O)O.CC(=O)O.CCn1c(C)c(C=O)c2c(O)c(O)c(C)c(O)c21. The molecular weight excluding hydrogens is 402 g/mol. The predicted molar refractivity (Wildman–Crippen MR) is 107 cm³/mol. The number of carbonyl (C=O) groups is 4. The number of carbonyl (C=O) groups excluding carboxylic acids is 1. The molecule has 0 spiro atoms. The molecule has 1 aromatic heterocycles. The van der Waals surface area contributed by atoms with Gasteiger partial charge in [0.25, 0.3) is 17.9 Å². The van der Waals surface area contributed by atoms with Crippen molar-refractivity contribution >= 4 is 35.1 Å². The smallest absolute Gasteiger partial charge is 0.300 e. The van der Waals surface area contributed by atoms with Crippen molar-refractivity contribution in [1.29, 1.82) is 0 Å². The van der Waals surface area contributed by atoms with E-state index < -0.39 is 23.7 Å². The van der Waals surface area contributed by atoms with Crippen LogP contribution in [0.4, 0.5) is 0 Å². The van der Waals surface area contributed by atoms with E-state index in [1.165, 1.54) is 6.92 Å². The summed E-state index contributed by atoms with van der Waals surface area (Å²) in [6.45, 7) is 8.92. The molecule has 2 rings (SSSR count). The minimum atomic E-state index is -0.833. The van der Waals surface area contributed by atoms with Gasteiger partial charge in [0.2, 0.25) is 0 Å². The number of aldehydes is 1. The lowest BCUT2D eigenvalue weighted by molar-refractivity contribution is -0.135. The van der Waals surface area contributed by atoms with Crippen LogP contribution in [0.3, 0.4) is 0 Å². The Balaban J connectivity index is 0. The summed E-state index contributed by atoms with van der Waals surface area (Å²) in [4.78, 5) is 38.1. The van der Waals surface area contributed by atoms with Crippen LogP contribution in [-0.4, -0.2) is 59.4 Å². The highest BCUT2D eigenvalue weighted by molar-refractivity contribution is 6.06. The van der Waals surface area contributed by atoms with E-state index in [-0.39, 0.29) is 28.0 Å². The number of aryl methyl sites for hydroxylation is 1. The van der Waals surface area contributed by atoms with Gasteiger partial charge in [0.05, 0.1) is 10.9 Å². The number of benzene rings is 1. The van der Waals surface area contributed by atoms with Crippen molar-refractivity contribution in [3.8, 4) is 17.2 Å². The van der Waals surface area contributed by atoms with Crippen LogP contribution in [0.2, 0.25) is 0 Å². The van der Waals surface area contributed by atoms with Crippen LogP contribution in [0.25, 0.3) is 10.9 Å². The largest absolute Gasteiger partial charge is 0.505 e. The van der Waals surface area contributed by atoms with Gasteiger partial charge in [0, 0.05) is 44.1 Å². The molecule has 168 valence electrons. The van der Waals surface area contributed by atoms with Gasteiger partial charge in [-0.3, -0.25) is 19.2 Å². The lowest BCUT2D eigenvalue weighted by Gasteiger charge is -2.10. The molecule has 0 saturated heterocycles. The zero-order valence-corrected chi connectivity index (χ0v) is 17.5. The number of hydrogen-bond acceptors (Lipinski definition) is 7. The van der Waals surface area contributed by atoms with Gasteiger partial charge in [-0.05, 0) is 20.8 Å². The predicted octanol–water partition coefficient (Wildman–Crippen LogP) is 2.48. The van der Waals surface area contributed by atoms with Crippen molar-refractivity contribution in [2.45, 2.75) is 48.1 Å². The van der Waals surface area contributed by atoms with Crippen molar-refractivity contribution in [3.63, 3.8) is 0 Å². The maximum Gasteiger partial charge on any atom is 0.300 e. The molecule has 0 radical (unpaired) electrons. The number of rotatable bonds is 2. The van der Waals surface area contributed by atoms with Crippen LogP contribution in [0, 0.1) is 13.8 Å². The number of carboxylic acid groups (broad SMARTS) is 3. The molecule has 0 aliphatic heterocycles. The number of fused-ring (bicyclic) bond motifs is 1. The lowest BCUT2D eigenvalue weighted by atomic mass is 10.1. The van der Waals surface area contributed by atoms with Crippen molar-refractivity contribution in [1.82, 2.24) is 4.57 Å². The molecule has 1 heterocycles. The Kier molecular flexibility index (Phi) is 12.0. The van der Waals surface area contributed by atoms with Crippen LogP contribution >= 0.6 is 0 Å². The lowest BCUT2D eigenvalue weighted by Crippen LogP contribution is -1.97. The maximum atomic E-state index is 11.1. The summed E-state index contributed by atoms with van der Waals surface area (Å²) in [5.74, 6) is -3.37. The van der Waals surface area contributed by atoms with Gasteiger partial charge in [-0.25, -0.2) is 0 Å². The van der Waals surface area contributed by atoms with Gasteiger partial charge >= 0.3 is 0 Å². The summed E-state index contributed by atoms with van der Waals surface area (Å²) < 4.78 is 1.74. The fourth-order valence-electron chi connectivity index (χ4n) is 2.37. The second-order valence-electron chi connectivity index (χ2n) is 5.81. The quantitative estimate of drug-likeness (QED) is 0.234. The third-order valence-electron chi connectivity index (χ3n) is 3.40. The number of aromatic nitrogens is 1. The number of carboxylic acids is 3. The highest BCUT2D eigenvalue weighted by Crippen LogP contribution is 2.46. The highest BCUT2D eigenvalue weighted by Gasteiger charge is 2.24. The standard InChI is InChI=1S/C13H15NO4.3C2H4O2/c1-4-14-7(3)8(5-15)9-10(14)11(16)6(2)12(17)13(9)18;3*1-2(3)4/h5,16-18H,4H2,1-3H3;3*1H3,(H,3,4). The summed E-state index contributed by atoms with van der Waals surface area (Å²) in [6, 6.07) is 0. The third-order valence-corrected chi connectivity index (χ3v) is 3.40. The Morgan fingerprint density at radius 1 is 0.833 bits per heavy atom.